The van der Waals surface area contributed by atoms with Gasteiger partial charge in [-0.15, -0.1) is 10.2 Å². The number of fused-ring (bicyclic) bond motifs is 2. The lowest BCUT2D eigenvalue weighted by Gasteiger charge is -2.22. The van der Waals surface area contributed by atoms with Crippen LogP contribution < -0.4 is 10.3 Å². The zero-order valence-corrected chi connectivity index (χ0v) is 19.1. The lowest BCUT2D eigenvalue weighted by Crippen LogP contribution is -2.29. The molecule has 1 aliphatic rings. The maximum Gasteiger partial charge on any atom is 0.297 e. The molecule has 6 nitrogen and oxygen atoms in total. The number of benzene rings is 2. The summed E-state index contributed by atoms with van der Waals surface area (Å²) in [4.78, 5) is 28.7. The van der Waals surface area contributed by atoms with E-state index in [2.05, 4.69) is 24.0 Å². The summed E-state index contributed by atoms with van der Waals surface area (Å²) in [5.41, 5.74) is 2.59. The summed E-state index contributed by atoms with van der Waals surface area (Å²) >= 11 is 1.37. The minimum absolute atomic E-state index is 0.0768. The second-order valence-electron chi connectivity index (χ2n) is 8.65. The van der Waals surface area contributed by atoms with Gasteiger partial charge >= 0.3 is 0 Å². The van der Waals surface area contributed by atoms with Crippen molar-refractivity contribution in [3.63, 3.8) is 0 Å². The Hall–Kier alpha value is -3.32. The number of rotatable bonds is 4. The Balaban J connectivity index is 1.75. The predicted octanol–water partition coefficient (Wildman–Crippen LogP) is 5.64. The smallest absolute Gasteiger partial charge is 0.297 e. The van der Waals surface area contributed by atoms with Crippen LogP contribution in [0.2, 0.25) is 0 Å². The van der Waals surface area contributed by atoms with E-state index >= 15 is 0 Å². The van der Waals surface area contributed by atoms with Crippen LogP contribution in [-0.4, -0.2) is 16.1 Å². The van der Waals surface area contributed by atoms with Gasteiger partial charge in [-0.25, -0.2) is 0 Å². The van der Waals surface area contributed by atoms with Crippen LogP contribution in [0.1, 0.15) is 77.8 Å². The zero-order chi connectivity index (χ0) is 22.6. The van der Waals surface area contributed by atoms with E-state index in [1.54, 1.807) is 29.2 Å². The lowest BCUT2D eigenvalue weighted by molar-refractivity contribution is 0.0970. The van der Waals surface area contributed by atoms with Gasteiger partial charge in [0.05, 0.1) is 17.0 Å². The summed E-state index contributed by atoms with van der Waals surface area (Å²) in [6, 6.07) is 14.5. The van der Waals surface area contributed by atoms with Crippen LogP contribution in [-0.2, 0) is 0 Å². The minimum atomic E-state index is -0.618. The number of hydrogen-bond acceptors (Lipinski definition) is 6. The molecule has 5 rings (SSSR count). The van der Waals surface area contributed by atoms with Crippen molar-refractivity contribution in [3.8, 4) is 0 Å². The summed E-state index contributed by atoms with van der Waals surface area (Å²) in [5, 5.41) is 10.3. The Morgan fingerprint density at radius 1 is 0.938 bits per heavy atom. The van der Waals surface area contributed by atoms with Crippen molar-refractivity contribution < 1.29 is 9.21 Å². The first-order chi connectivity index (χ1) is 15.4. The average molecular weight is 446 g/mol. The van der Waals surface area contributed by atoms with Crippen molar-refractivity contribution >= 4 is 33.3 Å². The maximum absolute atomic E-state index is 13.6. The van der Waals surface area contributed by atoms with Crippen molar-refractivity contribution in [2.24, 2.45) is 0 Å². The molecule has 0 saturated carbocycles. The van der Waals surface area contributed by atoms with Gasteiger partial charge in [0.25, 0.3) is 5.91 Å². The van der Waals surface area contributed by atoms with Crippen molar-refractivity contribution in [3.05, 3.63) is 86.2 Å². The van der Waals surface area contributed by atoms with E-state index in [1.807, 2.05) is 38.1 Å². The van der Waals surface area contributed by atoms with Gasteiger partial charge in [-0.1, -0.05) is 75.4 Å². The third-order valence-corrected chi connectivity index (χ3v) is 7.05. The number of carbonyl (C=O) groups excluding carboxylic acids is 1. The van der Waals surface area contributed by atoms with Crippen LogP contribution >= 0.6 is 11.3 Å². The molecule has 2 aromatic carbocycles. The van der Waals surface area contributed by atoms with Gasteiger partial charge in [-0.3, -0.25) is 14.5 Å². The summed E-state index contributed by atoms with van der Waals surface area (Å²) in [7, 11) is 0. The van der Waals surface area contributed by atoms with Crippen LogP contribution in [0.5, 0.6) is 0 Å². The Kier molecular flexibility index (Phi) is 4.93. The van der Waals surface area contributed by atoms with Gasteiger partial charge in [-0.05, 0) is 29.2 Å². The zero-order valence-electron chi connectivity index (χ0n) is 18.3. The molecule has 4 aromatic rings. The molecule has 0 radical (unpaired) electrons. The second-order valence-corrected chi connectivity index (χ2v) is 9.63. The van der Waals surface area contributed by atoms with Crippen LogP contribution in [0.4, 0.5) is 5.13 Å². The highest BCUT2D eigenvalue weighted by molar-refractivity contribution is 7.15. The largest absolute Gasteiger partial charge is 0.450 e. The molecule has 2 aromatic heterocycles. The normalized spacial score (nSPS) is 15.9. The lowest BCUT2D eigenvalue weighted by atomic mass is 9.95. The van der Waals surface area contributed by atoms with Crippen LogP contribution in [0, 0.1) is 0 Å². The molecule has 7 heteroatoms. The highest BCUT2D eigenvalue weighted by atomic mass is 32.1. The number of hydrogen-bond donors (Lipinski definition) is 0. The van der Waals surface area contributed by atoms with Gasteiger partial charge in [-0.2, -0.15) is 0 Å². The Morgan fingerprint density at radius 3 is 2.31 bits per heavy atom. The molecular weight excluding hydrogens is 422 g/mol. The molecular formula is C25H23N3O3S. The predicted molar refractivity (Wildman–Crippen MR) is 126 cm³/mol. The fourth-order valence-corrected chi connectivity index (χ4v) is 4.93. The summed E-state index contributed by atoms with van der Waals surface area (Å²) in [6.07, 6.45) is 0. The van der Waals surface area contributed by atoms with Gasteiger partial charge in [0, 0.05) is 5.92 Å². The van der Waals surface area contributed by atoms with Gasteiger partial charge in [0.2, 0.25) is 10.9 Å². The fourth-order valence-electron chi connectivity index (χ4n) is 4.05. The van der Waals surface area contributed by atoms with Crippen molar-refractivity contribution in [2.45, 2.75) is 45.6 Å². The molecule has 1 atom stereocenters. The third-order valence-electron chi connectivity index (χ3n) is 5.83. The molecule has 32 heavy (non-hydrogen) atoms. The molecule has 0 aliphatic carbocycles. The number of amides is 1. The van der Waals surface area contributed by atoms with Crippen molar-refractivity contribution in [1.82, 2.24) is 10.2 Å². The van der Waals surface area contributed by atoms with E-state index in [9.17, 15) is 9.59 Å². The number of aromatic nitrogens is 2. The molecule has 1 unspecified atom stereocenters. The second kappa shape index (κ2) is 7.67. The highest BCUT2D eigenvalue weighted by Crippen LogP contribution is 2.42. The quantitative estimate of drug-likeness (QED) is 0.406. The summed E-state index contributed by atoms with van der Waals surface area (Å²) in [6.45, 7) is 8.33. The van der Waals surface area contributed by atoms with E-state index in [4.69, 9.17) is 4.42 Å². The molecule has 3 heterocycles. The summed E-state index contributed by atoms with van der Waals surface area (Å²) < 4.78 is 5.98. The molecule has 0 saturated heterocycles. The topological polar surface area (TPSA) is 76.3 Å². The van der Waals surface area contributed by atoms with Crippen molar-refractivity contribution in [2.75, 3.05) is 4.90 Å². The number of anilines is 1. The Morgan fingerprint density at radius 2 is 1.66 bits per heavy atom. The molecule has 0 spiro atoms. The van der Waals surface area contributed by atoms with E-state index in [1.165, 1.54) is 16.9 Å². The van der Waals surface area contributed by atoms with Gasteiger partial charge in [0.15, 0.2) is 5.43 Å². The molecule has 162 valence electrons. The molecule has 0 fully saturated rings. The van der Waals surface area contributed by atoms with Crippen LogP contribution in [0.15, 0.2) is 57.7 Å². The van der Waals surface area contributed by atoms with Gasteiger partial charge in [0.1, 0.15) is 10.6 Å². The minimum Gasteiger partial charge on any atom is -0.450 e. The maximum atomic E-state index is 13.6. The highest BCUT2D eigenvalue weighted by Gasteiger charge is 2.45. The average Bonchev–Trinajstić information content (AvgIpc) is 3.38. The van der Waals surface area contributed by atoms with E-state index in [0.717, 1.165) is 10.6 Å². The first kappa shape index (κ1) is 20.6. The number of para-hydroxylation sites is 1. The van der Waals surface area contributed by atoms with Crippen LogP contribution in [0.3, 0.4) is 0 Å². The Labute approximate surface area is 189 Å². The van der Waals surface area contributed by atoms with E-state index in [0.29, 0.717) is 27.6 Å². The molecule has 0 bridgehead atoms. The SMILES string of the molecule is CC(C)c1ccc(C2c3c(oc4ccccc4c3=O)C(=O)N2c2nnc(C(C)C)s2)cc1. The monoisotopic (exact) mass is 445 g/mol. The fraction of sp³-hybridized carbons (Fsp3) is 0.280. The number of nitrogens with zero attached hydrogens (tertiary/aromatic N) is 3. The van der Waals surface area contributed by atoms with Crippen LogP contribution in [0.25, 0.3) is 11.0 Å². The van der Waals surface area contributed by atoms with E-state index in [-0.39, 0.29) is 23.0 Å². The molecule has 0 N–H and O–H groups in total. The molecule has 1 aliphatic heterocycles. The summed E-state index contributed by atoms with van der Waals surface area (Å²) in [5.74, 6) is 0.274. The Bertz CT molecular complexity index is 1390. The molecule has 1 amide bonds. The standard InChI is InChI=1S/C25H23N3O3S/c1-13(2)15-9-11-16(12-10-15)20-19-21(29)17-7-5-6-8-18(17)31-22(19)24(30)28(20)25-27-26-23(32-25)14(3)4/h5-14,20H,1-4H3. The first-order valence-electron chi connectivity index (χ1n) is 10.7. The number of carbonyl (C=O) groups is 1. The van der Waals surface area contributed by atoms with Gasteiger partial charge < -0.3 is 4.42 Å². The van der Waals surface area contributed by atoms with Crippen molar-refractivity contribution in [1.29, 1.82) is 0 Å². The third kappa shape index (κ3) is 3.15. The van der Waals surface area contributed by atoms with E-state index < -0.39 is 6.04 Å². The first-order valence-corrected chi connectivity index (χ1v) is 11.5.